The van der Waals surface area contributed by atoms with E-state index in [4.69, 9.17) is 4.74 Å². The molecule has 2 unspecified atom stereocenters. The van der Waals surface area contributed by atoms with Crippen LogP contribution in [0, 0.1) is 0 Å². The predicted octanol–water partition coefficient (Wildman–Crippen LogP) is 19.2. The maximum absolute atomic E-state index is 12.5. The summed E-state index contributed by atoms with van der Waals surface area (Å²) in [5.41, 5.74) is 0. The maximum Gasteiger partial charge on any atom is 0.305 e. The first-order valence-electron chi connectivity index (χ1n) is 30.9. The van der Waals surface area contributed by atoms with Gasteiger partial charge in [0.15, 0.2) is 0 Å². The molecule has 0 radical (unpaired) electrons. The quantitative estimate of drug-likeness (QED) is 0.0321. The summed E-state index contributed by atoms with van der Waals surface area (Å²) in [6, 6.07) is -0.537. The number of aliphatic hydroxyl groups excluding tert-OH is 2. The lowest BCUT2D eigenvalue weighted by molar-refractivity contribution is -0.143. The van der Waals surface area contributed by atoms with Gasteiger partial charge in [-0.05, 0) is 44.9 Å². The van der Waals surface area contributed by atoms with Gasteiger partial charge in [-0.2, -0.15) is 0 Å². The molecule has 1 amide bonds. The first kappa shape index (κ1) is 66.6. The van der Waals surface area contributed by atoms with Crippen LogP contribution in [-0.2, 0) is 14.3 Å². The van der Waals surface area contributed by atoms with Gasteiger partial charge in [0, 0.05) is 12.8 Å². The van der Waals surface area contributed by atoms with Crippen molar-refractivity contribution in [3.63, 3.8) is 0 Å². The Balaban J connectivity index is 3.33. The molecule has 0 spiro atoms. The van der Waals surface area contributed by atoms with Crippen molar-refractivity contribution in [1.82, 2.24) is 5.32 Å². The van der Waals surface area contributed by atoms with E-state index in [0.29, 0.717) is 25.9 Å². The van der Waals surface area contributed by atoms with Gasteiger partial charge in [0.2, 0.25) is 5.91 Å². The van der Waals surface area contributed by atoms with Crippen molar-refractivity contribution in [2.24, 2.45) is 0 Å². The van der Waals surface area contributed by atoms with Crippen LogP contribution in [0.2, 0.25) is 0 Å². The highest BCUT2D eigenvalue weighted by Crippen LogP contribution is 2.18. The topological polar surface area (TPSA) is 95.9 Å². The number of hydrogen-bond donors (Lipinski definition) is 3. The fourth-order valence-corrected chi connectivity index (χ4v) is 9.80. The van der Waals surface area contributed by atoms with Crippen molar-refractivity contribution in [2.45, 2.75) is 360 Å². The van der Waals surface area contributed by atoms with E-state index in [1.54, 1.807) is 0 Å². The van der Waals surface area contributed by atoms with E-state index >= 15 is 0 Å². The van der Waals surface area contributed by atoms with E-state index in [1.807, 2.05) is 0 Å². The van der Waals surface area contributed by atoms with Gasteiger partial charge >= 0.3 is 5.97 Å². The number of carbonyl (C=O) groups is 2. The van der Waals surface area contributed by atoms with Gasteiger partial charge in [-0.3, -0.25) is 9.59 Å². The van der Waals surface area contributed by atoms with Crippen LogP contribution in [0.4, 0.5) is 0 Å². The molecule has 0 aromatic carbocycles. The Bertz CT molecular complexity index is 1020. The van der Waals surface area contributed by atoms with Crippen molar-refractivity contribution in [1.29, 1.82) is 0 Å². The number of esters is 1. The third-order valence-corrected chi connectivity index (χ3v) is 14.6. The maximum atomic E-state index is 12.5. The van der Waals surface area contributed by atoms with E-state index in [1.165, 1.54) is 270 Å². The molecular weight excluding hydrogens is 839 g/mol. The average Bonchev–Trinajstić information content (AvgIpc) is 3.34. The molecule has 0 aliphatic rings. The molecule has 0 aliphatic heterocycles. The molecule has 3 N–H and O–H groups in total. The van der Waals surface area contributed by atoms with Gasteiger partial charge in [0.25, 0.3) is 0 Å². The van der Waals surface area contributed by atoms with Gasteiger partial charge in [-0.15, -0.1) is 0 Å². The molecule has 0 aromatic rings. The Morgan fingerprint density at radius 2 is 0.706 bits per heavy atom. The zero-order valence-electron chi connectivity index (χ0n) is 46.1. The van der Waals surface area contributed by atoms with Gasteiger partial charge in [0.05, 0.1) is 25.4 Å². The molecule has 0 fully saturated rings. The van der Waals surface area contributed by atoms with Crippen LogP contribution >= 0.6 is 0 Å². The van der Waals surface area contributed by atoms with Crippen LogP contribution in [0.5, 0.6) is 0 Å². The fraction of sp³-hybridized carbons (Fsp3) is 0.935. The lowest BCUT2D eigenvalue weighted by Gasteiger charge is -2.22. The molecular formula is C62H121NO5. The van der Waals surface area contributed by atoms with Gasteiger partial charge in [0.1, 0.15) is 0 Å². The highest BCUT2D eigenvalue weighted by atomic mass is 16.5. The van der Waals surface area contributed by atoms with Crippen LogP contribution in [0.25, 0.3) is 0 Å². The highest BCUT2D eigenvalue weighted by Gasteiger charge is 2.20. The number of hydrogen-bond acceptors (Lipinski definition) is 5. The van der Waals surface area contributed by atoms with Crippen LogP contribution in [-0.4, -0.2) is 47.4 Å². The summed E-state index contributed by atoms with van der Waals surface area (Å²) in [5, 5.41) is 23.3. The Morgan fingerprint density at radius 3 is 1.09 bits per heavy atom. The lowest BCUT2D eigenvalue weighted by atomic mass is 10.0. The average molecular weight is 961 g/mol. The molecule has 0 bridgehead atoms. The first-order chi connectivity index (χ1) is 33.5. The number of ether oxygens (including phenoxy) is 1. The van der Waals surface area contributed by atoms with Crippen molar-refractivity contribution in [2.75, 3.05) is 13.2 Å². The number of allylic oxidation sites excluding steroid dienone is 2. The Labute approximate surface area is 425 Å². The van der Waals surface area contributed by atoms with Crippen molar-refractivity contribution < 1.29 is 24.5 Å². The Morgan fingerprint density at radius 1 is 0.397 bits per heavy atom. The van der Waals surface area contributed by atoms with E-state index in [0.717, 1.165) is 44.9 Å². The summed E-state index contributed by atoms with van der Waals surface area (Å²) < 4.78 is 5.46. The van der Waals surface area contributed by atoms with Crippen LogP contribution in [0.3, 0.4) is 0 Å². The molecule has 0 aliphatic carbocycles. The molecule has 0 aromatic heterocycles. The van der Waals surface area contributed by atoms with Gasteiger partial charge < -0.3 is 20.3 Å². The van der Waals surface area contributed by atoms with Gasteiger partial charge in [-0.1, -0.05) is 302 Å². The molecule has 0 saturated carbocycles. The van der Waals surface area contributed by atoms with E-state index in [2.05, 4.69) is 31.3 Å². The van der Waals surface area contributed by atoms with E-state index < -0.39 is 12.1 Å². The molecule has 0 rings (SSSR count). The highest BCUT2D eigenvalue weighted by molar-refractivity contribution is 5.76. The van der Waals surface area contributed by atoms with Crippen molar-refractivity contribution in [3.05, 3.63) is 12.2 Å². The second-order valence-electron chi connectivity index (χ2n) is 21.4. The summed E-state index contributed by atoms with van der Waals surface area (Å²) >= 11 is 0. The standard InChI is InChI=1S/C62H121NO5/c1-3-5-7-9-11-13-15-31-35-38-42-46-50-54-60(65)59(58-64)63-61(66)55-51-47-43-39-36-32-29-27-25-23-21-19-17-16-18-20-22-24-26-28-30-33-37-41-45-49-53-57-68-62(67)56-52-48-44-40-34-14-12-10-8-6-4-2/h10,12,59-60,64-65H,3-9,11,13-58H2,1-2H3,(H,63,66)/b12-10-. The van der Waals surface area contributed by atoms with Crippen LogP contribution in [0.15, 0.2) is 12.2 Å². The van der Waals surface area contributed by atoms with Crippen molar-refractivity contribution in [3.8, 4) is 0 Å². The first-order valence-corrected chi connectivity index (χ1v) is 30.9. The van der Waals surface area contributed by atoms with E-state index in [-0.39, 0.29) is 18.5 Å². The minimum atomic E-state index is -0.660. The molecule has 6 nitrogen and oxygen atoms in total. The lowest BCUT2D eigenvalue weighted by Crippen LogP contribution is -2.45. The number of rotatable bonds is 58. The zero-order chi connectivity index (χ0) is 49.3. The SMILES string of the molecule is CCCC/C=C\CCCCCCCC(=O)OCCCCCCCCCCCCCCCCCCCCCCCCCCCCCC(=O)NC(CO)C(O)CCCCCCCCCCCCCCC. The number of carbonyl (C=O) groups excluding carboxylic acids is 2. The summed E-state index contributed by atoms with van der Waals surface area (Å²) in [5.74, 6) is -0.0232. The van der Waals surface area contributed by atoms with Crippen molar-refractivity contribution >= 4 is 11.9 Å². The summed E-state index contributed by atoms with van der Waals surface area (Å²) in [6.07, 6.45) is 69.5. The number of nitrogens with one attached hydrogen (secondary N) is 1. The fourth-order valence-electron chi connectivity index (χ4n) is 9.80. The molecule has 6 heteroatoms. The van der Waals surface area contributed by atoms with Crippen LogP contribution < -0.4 is 5.32 Å². The molecule has 68 heavy (non-hydrogen) atoms. The summed E-state index contributed by atoms with van der Waals surface area (Å²) in [6.45, 7) is 4.93. The van der Waals surface area contributed by atoms with Gasteiger partial charge in [-0.25, -0.2) is 0 Å². The third kappa shape index (κ3) is 53.9. The monoisotopic (exact) mass is 960 g/mol. The second kappa shape index (κ2) is 58.2. The van der Waals surface area contributed by atoms with E-state index in [9.17, 15) is 19.8 Å². The summed E-state index contributed by atoms with van der Waals surface area (Å²) in [7, 11) is 0. The minimum Gasteiger partial charge on any atom is -0.466 e. The largest absolute Gasteiger partial charge is 0.466 e. The molecule has 404 valence electrons. The number of aliphatic hydroxyl groups is 2. The third-order valence-electron chi connectivity index (χ3n) is 14.6. The number of amides is 1. The molecule has 0 heterocycles. The predicted molar refractivity (Wildman–Crippen MR) is 297 cm³/mol. The smallest absolute Gasteiger partial charge is 0.305 e. The summed E-state index contributed by atoms with van der Waals surface area (Å²) in [4.78, 5) is 24.5. The number of unbranched alkanes of at least 4 members (excludes halogenated alkanes) is 45. The second-order valence-corrected chi connectivity index (χ2v) is 21.4. The normalized spacial score (nSPS) is 12.6. The Hall–Kier alpha value is -1.40. The zero-order valence-corrected chi connectivity index (χ0v) is 46.1. The van der Waals surface area contributed by atoms with Crippen LogP contribution in [0.1, 0.15) is 348 Å². The minimum absolute atomic E-state index is 0.00735. The Kier molecular flexibility index (Phi) is 57.0. The molecule has 2 atom stereocenters. The molecule has 0 saturated heterocycles.